The third kappa shape index (κ3) is 5.12. The van der Waals surface area contributed by atoms with E-state index in [1.807, 2.05) is 31.2 Å². The van der Waals surface area contributed by atoms with Crippen LogP contribution < -0.4 is 15.8 Å². The molecule has 3 aromatic rings. The molecular formula is C27H33Cl2N3O2. The predicted molar refractivity (Wildman–Crippen MR) is 143 cm³/mol. The van der Waals surface area contributed by atoms with Crippen LogP contribution in [-0.2, 0) is 6.54 Å². The number of hydrogen-bond donors (Lipinski definition) is 2. The molecule has 3 aromatic carbocycles. The topological polar surface area (TPSA) is 67.6 Å². The van der Waals surface area contributed by atoms with E-state index in [0.717, 1.165) is 30.2 Å². The van der Waals surface area contributed by atoms with Crippen LogP contribution in [0.4, 0.5) is 5.69 Å². The molecule has 0 radical (unpaired) electrons. The summed E-state index contributed by atoms with van der Waals surface area (Å²) < 4.78 is 5.93. The number of ether oxygens (including phenoxy) is 1. The second kappa shape index (κ2) is 11.3. The van der Waals surface area contributed by atoms with Gasteiger partial charge in [-0.2, -0.15) is 0 Å². The second-order valence-electron chi connectivity index (χ2n) is 9.01. The summed E-state index contributed by atoms with van der Waals surface area (Å²) >= 11 is 0. The summed E-state index contributed by atoms with van der Waals surface area (Å²) in [6.07, 6.45) is 4.39. The van der Waals surface area contributed by atoms with E-state index in [4.69, 9.17) is 10.5 Å². The van der Waals surface area contributed by atoms with E-state index in [0.29, 0.717) is 35.7 Å². The second-order valence-corrected chi connectivity index (χ2v) is 9.01. The van der Waals surface area contributed by atoms with Crippen LogP contribution in [0, 0.1) is 0 Å². The Kier molecular flexibility index (Phi) is 8.69. The Hall–Kier alpha value is -2.47. The van der Waals surface area contributed by atoms with Crippen molar-refractivity contribution in [2.24, 2.45) is 0 Å². The number of nitrogens with one attached hydrogen (secondary N) is 1. The van der Waals surface area contributed by atoms with Crippen molar-refractivity contribution >= 4 is 47.2 Å². The fraction of sp³-hybridized carbons (Fsp3) is 0.370. The minimum Gasteiger partial charge on any atom is -0.492 e. The Morgan fingerprint density at radius 1 is 1.00 bits per heavy atom. The quantitative estimate of drug-likeness (QED) is 0.432. The number of halogens is 2. The van der Waals surface area contributed by atoms with Crippen LogP contribution in [0.5, 0.6) is 5.75 Å². The van der Waals surface area contributed by atoms with E-state index < -0.39 is 0 Å². The van der Waals surface area contributed by atoms with Gasteiger partial charge in [0.1, 0.15) is 5.75 Å². The van der Waals surface area contributed by atoms with Crippen LogP contribution in [0.3, 0.4) is 0 Å². The van der Waals surface area contributed by atoms with Gasteiger partial charge in [-0.25, -0.2) is 0 Å². The molecule has 2 atom stereocenters. The first-order valence-corrected chi connectivity index (χ1v) is 11.7. The average Bonchev–Trinajstić information content (AvgIpc) is 3.03. The largest absolute Gasteiger partial charge is 0.492 e. The van der Waals surface area contributed by atoms with E-state index in [9.17, 15) is 4.79 Å². The van der Waals surface area contributed by atoms with E-state index >= 15 is 0 Å². The Labute approximate surface area is 213 Å². The van der Waals surface area contributed by atoms with Gasteiger partial charge >= 0.3 is 0 Å². The number of nitrogens with two attached hydrogens (primary N) is 1. The number of nitrogens with zero attached hydrogens (tertiary/aromatic N) is 1. The lowest BCUT2D eigenvalue weighted by molar-refractivity contribution is 0.0825. The van der Waals surface area contributed by atoms with Gasteiger partial charge in [-0.15, -0.1) is 24.8 Å². The van der Waals surface area contributed by atoms with E-state index in [1.165, 1.54) is 18.4 Å². The Morgan fingerprint density at radius 2 is 1.62 bits per heavy atom. The summed E-state index contributed by atoms with van der Waals surface area (Å²) in [5.41, 5.74) is 8.79. The number of fused-ring (bicyclic) bond motifs is 3. The van der Waals surface area contributed by atoms with Gasteiger partial charge < -0.3 is 15.8 Å². The van der Waals surface area contributed by atoms with Crippen LogP contribution in [-0.4, -0.2) is 35.5 Å². The van der Waals surface area contributed by atoms with Gasteiger partial charge in [0.15, 0.2) is 0 Å². The summed E-state index contributed by atoms with van der Waals surface area (Å²) in [5.74, 6) is 0.533. The summed E-state index contributed by atoms with van der Waals surface area (Å²) in [6, 6.07) is 21.5. The third-order valence-corrected chi connectivity index (χ3v) is 6.99. The van der Waals surface area contributed by atoms with Gasteiger partial charge in [0.25, 0.3) is 5.91 Å². The standard InChI is InChI=1S/C27H31N3O2.2ClH/c1-2-32-26-23-11-7-6-10-22(23)25(28)16-24(26)27(31)29-19-14-20-12-13-21(15-19)30(20)17-18-8-4-3-5-9-18;;/h3-11,16,19-21H,2,12-15,17,28H2,1H3,(H,29,31);2*1H. The minimum absolute atomic E-state index is 0. The first-order valence-electron chi connectivity index (χ1n) is 11.7. The summed E-state index contributed by atoms with van der Waals surface area (Å²) in [5, 5.41) is 5.11. The smallest absolute Gasteiger partial charge is 0.255 e. The van der Waals surface area contributed by atoms with Crippen LogP contribution >= 0.6 is 24.8 Å². The maximum atomic E-state index is 13.4. The number of carbonyl (C=O) groups is 1. The molecule has 0 saturated carbocycles. The molecule has 2 saturated heterocycles. The molecular weight excluding hydrogens is 469 g/mol. The highest BCUT2D eigenvalue weighted by atomic mass is 35.5. The fourth-order valence-electron chi connectivity index (χ4n) is 5.55. The zero-order valence-electron chi connectivity index (χ0n) is 19.4. The lowest BCUT2D eigenvalue weighted by Crippen LogP contribution is -2.50. The number of amides is 1. The van der Waals surface area contributed by atoms with Crippen molar-refractivity contribution in [2.75, 3.05) is 12.3 Å². The molecule has 2 bridgehead atoms. The highest BCUT2D eigenvalue weighted by Gasteiger charge is 2.41. The third-order valence-electron chi connectivity index (χ3n) is 6.99. The van der Waals surface area contributed by atoms with Crippen molar-refractivity contribution < 1.29 is 9.53 Å². The number of anilines is 1. The van der Waals surface area contributed by atoms with Crippen molar-refractivity contribution in [1.82, 2.24) is 10.2 Å². The lowest BCUT2D eigenvalue weighted by atomic mass is 9.95. The van der Waals surface area contributed by atoms with Crippen LogP contribution in [0.25, 0.3) is 10.8 Å². The molecule has 0 aromatic heterocycles. The highest BCUT2D eigenvalue weighted by molar-refractivity contribution is 6.08. The fourth-order valence-corrected chi connectivity index (χ4v) is 5.55. The van der Waals surface area contributed by atoms with Crippen molar-refractivity contribution in [3.8, 4) is 5.75 Å². The van der Waals surface area contributed by atoms with Crippen LogP contribution in [0.2, 0.25) is 0 Å². The molecule has 182 valence electrons. The molecule has 2 unspecified atom stereocenters. The molecule has 34 heavy (non-hydrogen) atoms. The van der Waals surface area contributed by atoms with E-state index in [1.54, 1.807) is 6.07 Å². The Balaban J connectivity index is 0.00000162. The average molecular weight is 502 g/mol. The first kappa shape index (κ1) is 26.1. The maximum absolute atomic E-state index is 13.4. The molecule has 0 spiro atoms. The minimum atomic E-state index is -0.0909. The first-order chi connectivity index (χ1) is 15.6. The number of hydrogen-bond acceptors (Lipinski definition) is 4. The maximum Gasteiger partial charge on any atom is 0.255 e. The number of rotatable bonds is 6. The molecule has 2 fully saturated rings. The summed E-state index contributed by atoms with van der Waals surface area (Å²) in [4.78, 5) is 16.0. The number of piperidine rings is 1. The normalized spacial score (nSPS) is 21.4. The molecule has 3 N–H and O–H groups in total. The van der Waals surface area contributed by atoms with Crippen molar-refractivity contribution in [1.29, 1.82) is 0 Å². The molecule has 2 heterocycles. The van der Waals surface area contributed by atoms with Gasteiger partial charge in [0, 0.05) is 41.1 Å². The number of benzene rings is 3. The van der Waals surface area contributed by atoms with Crippen LogP contribution in [0.15, 0.2) is 60.7 Å². The highest BCUT2D eigenvalue weighted by Crippen LogP contribution is 2.38. The molecule has 7 heteroatoms. The molecule has 2 aliphatic rings. The monoisotopic (exact) mass is 501 g/mol. The van der Waals surface area contributed by atoms with Crippen LogP contribution in [0.1, 0.15) is 48.5 Å². The molecule has 2 aliphatic heterocycles. The molecule has 5 nitrogen and oxygen atoms in total. The predicted octanol–water partition coefficient (Wildman–Crippen LogP) is 5.59. The van der Waals surface area contributed by atoms with Crippen molar-refractivity contribution in [3.05, 3.63) is 71.8 Å². The zero-order chi connectivity index (χ0) is 22.1. The molecule has 5 rings (SSSR count). The Morgan fingerprint density at radius 3 is 2.26 bits per heavy atom. The van der Waals surface area contributed by atoms with Gasteiger partial charge in [-0.3, -0.25) is 9.69 Å². The lowest BCUT2D eigenvalue weighted by Gasteiger charge is -2.39. The van der Waals surface area contributed by atoms with E-state index in [2.05, 4.69) is 40.5 Å². The molecule has 1 amide bonds. The summed E-state index contributed by atoms with van der Waals surface area (Å²) in [7, 11) is 0. The zero-order valence-corrected chi connectivity index (χ0v) is 21.0. The molecule has 0 aliphatic carbocycles. The van der Waals surface area contributed by atoms with Gasteiger partial charge in [0.2, 0.25) is 0 Å². The number of carbonyl (C=O) groups excluding carboxylic acids is 1. The van der Waals surface area contributed by atoms with Gasteiger partial charge in [-0.1, -0.05) is 54.6 Å². The number of nitrogen functional groups attached to an aromatic ring is 1. The van der Waals surface area contributed by atoms with E-state index in [-0.39, 0.29) is 36.8 Å². The van der Waals surface area contributed by atoms with Crippen molar-refractivity contribution in [2.45, 2.75) is 57.3 Å². The van der Waals surface area contributed by atoms with Crippen molar-refractivity contribution in [3.63, 3.8) is 0 Å². The summed E-state index contributed by atoms with van der Waals surface area (Å²) in [6.45, 7) is 3.43. The van der Waals surface area contributed by atoms with Gasteiger partial charge in [0.05, 0.1) is 12.2 Å². The van der Waals surface area contributed by atoms with Gasteiger partial charge in [-0.05, 0) is 44.2 Å². The Bertz CT molecular complexity index is 1110. The SMILES string of the molecule is CCOc1c(C(=O)NC2CC3CCC(C2)N3Cc2ccccc2)cc(N)c2ccccc12.Cl.Cl.